The Hall–Kier alpha value is -1.12. The summed E-state index contributed by atoms with van der Waals surface area (Å²) < 4.78 is 0. The highest BCUT2D eigenvalue weighted by Crippen LogP contribution is 2.20. The molecule has 0 amide bonds. The topological polar surface area (TPSA) is 12.0 Å². The van der Waals surface area contributed by atoms with Crippen molar-refractivity contribution in [3.05, 3.63) is 57.8 Å². The van der Waals surface area contributed by atoms with E-state index in [0.29, 0.717) is 6.04 Å². The van der Waals surface area contributed by atoms with E-state index >= 15 is 0 Å². The van der Waals surface area contributed by atoms with Crippen molar-refractivity contribution in [2.45, 2.75) is 39.3 Å². The first-order valence-electron chi connectivity index (χ1n) is 6.63. The van der Waals surface area contributed by atoms with Gasteiger partial charge in [-0.3, -0.25) is 0 Å². The highest BCUT2D eigenvalue weighted by atomic mass is 32.1. The van der Waals surface area contributed by atoms with Crippen LogP contribution in [-0.4, -0.2) is 0 Å². The van der Waals surface area contributed by atoms with Gasteiger partial charge in [-0.25, -0.2) is 0 Å². The molecule has 1 atom stereocenters. The minimum absolute atomic E-state index is 0.471. The molecular weight excluding hydrogens is 238 g/mol. The van der Waals surface area contributed by atoms with Gasteiger partial charge in [0.05, 0.1) is 0 Å². The van der Waals surface area contributed by atoms with Gasteiger partial charge in [0, 0.05) is 22.3 Å². The minimum atomic E-state index is 0.471. The van der Waals surface area contributed by atoms with Crippen LogP contribution in [0.15, 0.2) is 42.5 Å². The van der Waals surface area contributed by atoms with E-state index in [0.717, 1.165) is 6.54 Å². The molecular formula is C16H21NS. The lowest BCUT2D eigenvalue weighted by molar-refractivity contribution is 0.496. The maximum absolute atomic E-state index is 3.68. The number of hydrogen-bond donors (Lipinski definition) is 1. The Kier molecular flexibility index (Phi) is 4.97. The highest BCUT2D eigenvalue weighted by molar-refractivity contribution is 7.11. The first-order valence-corrected chi connectivity index (χ1v) is 7.45. The molecule has 0 aliphatic heterocycles. The Balaban J connectivity index is 1.98. The van der Waals surface area contributed by atoms with Crippen LogP contribution in [0.25, 0.3) is 0 Å². The summed E-state index contributed by atoms with van der Waals surface area (Å²) in [6, 6.07) is 15.6. The van der Waals surface area contributed by atoms with Gasteiger partial charge >= 0.3 is 0 Å². The zero-order valence-corrected chi connectivity index (χ0v) is 12.0. The van der Waals surface area contributed by atoms with E-state index in [1.807, 2.05) is 11.3 Å². The van der Waals surface area contributed by atoms with Crippen molar-refractivity contribution in [3.8, 4) is 0 Å². The average Bonchev–Trinajstić information content (AvgIpc) is 2.81. The Morgan fingerprint density at radius 2 is 1.89 bits per heavy atom. The smallest absolute Gasteiger partial charge is 0.0323 e. The van der Waals surface area contributed by atoms with Gasteiger partial charge in [-0.1, -0.05) is 43.7 Å². The normalized spacial score (nSPS) is 12.6. The molecule has 0 saturated heterocycles. The summed E-state index contributed by atoms with van der Waals surface area (Å²) in [5, 5.41) is 3.68. The van der Waals surface area contributed by atoms with Crippen molar-refractivity contribution < 1.29 is 0 Å². The van der Waals surface area contributed by atoms with Gasteiger partial charge < -0.3 is 5.32 Å². The average molecular weight is 259 g/mol. The van der Waals surface area contributed by atoms with Gasteiger partial charge in [0.15, 0.2) is 0 Å². The molecule has 0 radical (unpaired) electrons. The monoisotopic (exact) mass is 259 g/mol. The number of aryl methyl sites for hydroxylation is 1. The van der Waals surface area contributed by atoms with E-state index in [1.165, 1.54) is 28.2 Å². The maximum Gasteiger partial charge on any atom is 0.0323 e. The lowest BCUT2D eigenvalue weighted by Crippen LogP contribution is -2.20. The molecule has 1 unspecified atom stereocenters. The zero-order chi connectivity index (χ0) is 12.8. The second kappa shape index (κ2) is 6.72. The van der Waals surface area contributed by atoms with E-state index in [2.05, 4.69) is 61.6 Å². The number of benzene rings is 1. The molecule has 0 fully saturated rings. The first kappa shape index (κ1) is 13.3. The third kappa shape index (κ3) is 3.69. The van der Waals surface area contributed by atoms with E-state index in [1.54, 1.807) is 0 Å². The van der Waals surface area contributed by atoms with Crippen LogP contribution >= 0.6 is 11.3 Å². The summed E-state index contributed by atoms with van der Waals surface area (Å²) in [6.07, 6.45) is 2.39. The van der Waals surface area contributed by atoms with E-state index < -0.39 is 0 Å². The number of rotatable bonds is 6. The Morgan fingerprint density at radius 3 is 2.50 bits per heavy atom. The molecule has 96 valence electrons. The van der Waals surface area contributed by atoms with Crippen LogP contribution < -0.4 is 5.32 Å². The molecule has 1 nitrogen and oxygen atoms in total. The lowest BCUT2D eigenvalue weighted by atomic mass is 10.0. The second-order valence-electron chi connectivity index (χ2n) is 4.65. The van der Waals surface area contributed by atoms with Crippen LogP contribution in [0.1, 0.15) is 41.1 Å². The van der Waals surface area contributed by atoms with E-state index in [4.69, 9.17) is 0 Å². The molecule has 1 aromatic heterocycles. The van der Waals surface area contributed by atoms with Gasteiger partial charge in [0.1, 0.15) is 0 Å². The Bertz CT molecular complexity index is 461. The molecule has 1 N–H and O–H groups in total. The van der Waals surface area contributed by atoms with Gasteiger partial charge in [-0.2, -0.15) is 0 Å². The van der Waals surface area contributed by atoms with Gasteiger partial charge in [-0.15, -0.1) is 11.3 Å². The van der Waals surface area contributed by atoms with Crippen LogP contribution in [0, 0.1) is 6.92 Å². The lowest BCUT2D eigenvalue weighted by Gasteiger charge is -2.18. The minimum Gasteiger partial charge on any atom is -0.305 e. The molecule has 2 aromatic rings. The summed E-state index contributed by atoms with van der Waals surface area (Å²) in [6.45, 7) is 5.37. The number of hydrogen-bond acceptors (Lipinski definition) is 2. The van der Waals surface area contributed by atoms with Gasteiger partial charge in [-0.05, 0) is 31.0 Å². The van der Waals surface area contributed by atoms with Crippen molar-refractivity contribution in [1.82, 2.24) is 5.32 Å². The van der Waals surface area contributed by atoms with Crippen molar-refractivity contribution in [2.75, 3.05) is 0 Å². The molecule has 18 heavy (non-hydrogen) atoms. The van der Waals surface area contributed by atoms with Crippen LogP contribution in [-0.2, 0) is 6.54 Å². The molecule has 0 saturated carbocycles. The Labute approximate surface area is 114 Å². The number of thiophene rings is 1. The van der Waals surface area contributed by atoms with Crippen LogP contribution in [0.2, 0.25) is 0 Å². The number of nitrogens with one attached hydrogen (secondary N) is 1. The quantitative estimate of drug-likeness (QED) is 0.793. The zero-order valence-electron chi connectivity index (χ0n) is 11.1. The molecule has 2 rings (SSSR count). The van der Waals surface area contributed by atoms with E-state index in [-0.39, 0.29) is 0 Å². The third-order valence-corrected chi connectivity index (χ3v) is 4.10. The van der Waals surface area contributed by atoms with Crippen LogP contribution in [0.5, 0.6) is 0 Å². The highest BCUT2D eigenvalue weighted by Gasteiger charge is 2.09. The first-order chi connectivity index (χ1) is 8.79. The largest absolute Gasteiger partial charge is 0.305 e. The summed E-state index contributed by atoms with van der Waals surface area (Å²) in [7, 11) is 0. The molecule has 0 bridgehead atoms. The van der Waals surface area contributed by atoms with Crippen molar-refractivity contribution in [3.63, 3.8) is 0 Å². The summed E-state index contributed by atoms with van der Waals surface area (Å²) in [4.78, 5) is 2.81. The fourth-order valence-corrected chi connectivity index (χ4v) is 3.01. The molecule has 0 spiro atoms. The van der Waals surface area contributed by atoms with Crippen molar-refractivity contribution >= 4 is 11.3 Å². The third-order valence-electron chi connectivity index (χ3n) is 3.10. The van der Waals surface area contributed by atoms with Crippen molar-refractivity contribution in [2.24, 2.45) is 0 Å². The van der Waals surface area contributed by atoms with Crippen molar-refractivity contribution in [1.29, 1.82) is 0 Å². The molecule has 1 heterocycles. The summed E-state index contributed by atoms with van der Waals surface area (Å²) >= 11 is 1.88. The van der Waals surface area contributed by atoms with Crippen LogP contribution in [0.3, 0.4) is 0 Å². The molecule has 2 heteroatoms. The fourth-order valence-electron chi connectivity index (χ4n) is 2.16. The van der Waals surface area contributed by atoms with Gasteiger partial charge in [0.25, 0.3) is 0 Å². The standard InChI is InChI=1S/C16H21NS/c1-3-7-16(14-8-5-4-6-9-14)17-12-15-11-10-13(2)18-15/h4-6,8-11,16-17H,3,7,12H2,1-2H3. The fraction of sp³-hybridized carbons (Fsp3) is 0.375. The summed E-state index contributed by atoms with van der Waals surface area (Å²) in [5.41, 5.74) is 1.40. The van der Waals surface area contributed by atoms with E-state index in [9.17, 15) is 0 Å². The SMILES string of the molecule is CCCC(NCc1ccc(C)s1)c1ccccc1. The molecule has 0 aliphatic rings. The molecule has 0 aliphatic carbocycles. The Morgan fingerprint density at radius 1 is 1.11 bits per heavy atom. The van der Waals surface area contributed by atoms with Gasteiger partial charge in [0.2, 0.25) is 0 Å². The second-order valence-corrected chi connectivity index (χ2v) is 6.02. The van der Waals surface area contributed by atoms with Crippen LogP contribution in [0.4, 0.5) is 0 Å². The predicted molar refractivity (Wildman–Crippen MR) is 80.0 cm³/mol. The predicted octanol–water partition coefficient (Wildman–Crippen LogP) is 4.69. The maximum atomic E-state index is 3.68. The molecule has 1 aromatic carbocycles. The summed E-state index contributed by atoms with van der Waals surface area (Å²) in [5.74, 6) is 0.